The van der Waals surface area contributed by atoms with Gasteiger partial charge in [-0.15, -0.1) is 0 Å². The zero-order chi connectivity index (χ0) is 14.9. The Balaban J connectivity index is 2.39. The summed E-state index contributed by atoms with van der Waals surface area (Å²) >= 11 is 8.21. The molecular weight excluding hydrogens is 346 g/mol. The lowest BCUT2D eigenvalue weighted by atomic mass is 10.1. The van der Waals surface area contributed by atoms with Crippen molar-refractivity contribution in [2.45, 2.75) is 6.92 Å². The highest BCUT2D eigenvalue weighted by molar-refractivity contribution is 9.10. The van der Waals surface area contributed by atoms with E-state index in [4.69, 9.17) is 18.0 Å². The third kappa shape index (κ3) is 2.96. The molecule has 2 nitrogen and oxygen atoms in total. The summed E-state index contributed by atoms with van der Waals surface area (Å²) in [5.41, 5.74) is 6.92. The van der Waals surface area contributed by atoms with Crippen molar-refractivity contribution in [1.82, 2.24) is 0 Å². The number of hydrogen-bond acceptors (Lipinski definition) is 2. The smallest absolute Gasteiger partial charge is 0.152 e. The van der Waals surface area contributed by atoms with E-state index in [1.807, 2.05) is 0 Å². The van der Waals surface area contributed by atoms with Gasteiger partial charge in [-0.3, -0.25) is 0 Å². The first-order valence-corrected chi connectivity index (χ1v) is 6.91. The molecule has 0 aliphatic rings. The van der Waals surface area contributed by atoms with Gasteiger partial charge in [-0.2, -0.15) is 0 Å². The SMILES string of the molecule is Cc1ccc(F)c(Nc2ccc(C(N)=S)c(Br)c2)c1F. The van der Waals surface area contributed by atoms with Crippen LogP contribution in [0, 0.1) is 18.6 Å². The van der Waals surface area contributed by atoms with Gasteiger partial charge in [0.2, 0.25) is 0 Å². The predicted molar refractivity (Wildman–Crippen MR) is 84.4 cm³/mol. The van der Waals surface area contributed by atoms with Gasteiger partial charge in [-0.25, -0.2) is 8.78 Å². The van der Waals surface area contributed by atoms with Crippen molar-refractivity contribution in [2.24, 2.45) is 5.73 Å². The van der Waals surface area contributed by atoms with Gasteiger partial charge < -0.3 is 11.1 Å². The number of thiocarbonyl (C=S) groups is 1. The van der Waals surface area contributed by atoms with Crippen molar-refractivity contribution in [3.05, 3.63) is 57.6 Å². The summed E-state index contributed by atoms with van der Waals surface area (Å²) in [5, 5.41) is 2.72. The number of benzene rings is 2. The van der Waals surface area contributed by atoms with Crippen LogP contribution in [0.25, 0.3) is 0 Å². The molecule has 0 saturated carbocycles. The molecule has 2 aromatic carbocycles. The fourth-order valence-corrected chi connectivity index (χ4v) is 2.61. The molecule has 2 rings (SSSR count). The Labute approximate surface area is 129 Å². The number of nitrogens with two attached hydrogens (primary N) is 1. The first kappa shape index (κ1) is 14.9. The molecule has 0 heterocycles. The molecule has 3 N–H and O–H groups in total. The van der Waals surface area contributed by atoms with E-state index in [9.17, 15) is 8.78 Å². The zero-order valence-corrected chi connectivity index (χ0v) is 12.9. The van der Waals surface area contributed by atoms with E-state index in [0.717, 1.165) is 0 Å². The maximum Gasteiger partial charge on any atom is 0.152 e. The maximum atomic E-state index is 13.9. The summed E-state index contributed by atoms with van der Waals surface area (Å²) in [5.74, 6) is -1.26. The molecule has 20 heavy (non-hydrogen) atoms. The van der Waals surface area contributed by atoms with E-state index >= 15 is 0 Å². The molecule has 0 unspecified atom stereocenters. The van der Waals surface area contributed by atoms with Crippen LogP contribution in [0.1, 0.15) is 11.1 Å². The average Bonchev–Trinajstić information content (AvgIpc) is 2.39. The number of rotatable bonds is 3. The zero-order valence-electron chi connectivity index (χ0n) is 10.5. The van der Waals surface area contributed by atoms with E-state index in [1.54, 1.807) is 25.1 Å². The molecule has 0 amide bonds. The summed E-state index contributed by atoms with van der Waals surface area (Å²) in [4.78, 5) is 0.247. The van der Waals surface area contributed by atoms with Crippen LogP contribution in [0.5, 0.6) is 0 Å². The number of anilines is 2. The molecule has 0 saturated heterocycles. The van der Waals surface area contributed by atoms with Gasteiger partial charge in [0.15, 0.2) is 5.82 Å². The van der Waals surface area contributed by atoms with E-state index in [0.29, 0.717) is 21.3 Å². The van der Waals surface area contributed by atoms with Crippen LogP contribution in [0.2, 0.25) is 0 Å². The molecule has 0 radical (unpaired) electrons. The Kier molecular flexibility index (Phi) is 4.35. The van der Waals surface area contributed by atoms with Gasteiger partial charge in [-0.1, -0.05) is 18.3 Å². The summed E-state index contributed by atoms with van der Waals surface area (Å²) < 4.78 is 28.2. The molecule has 0 aliphatic carbocycles. The number of aryl methyl sites for hydroxylation is 1. The monoisotopic (exact) mass is 356 g/mol. The highest BCUT2D eigenvalue weighted by Crippen LogP contribution is 2.28. The van der Waals surface area contributed by atoms with Crippen LogP contribution in [0.15, 0.2) is 34.8 Å². The Hall–Kier alpha value is -1.53. The van der Waals surface area contributed by atoms with Crippen LogP contribution in [-0.2, 0) is 0 Å². The third-order valence-corrected chi connectivity index (χ3v) is 3.66. The maximum absolute atomic E-state index is 13.9. The highest BCUT2D eigenvalue weighted by Gasteiger charge is 2.12. The summed E-state index contributed by atoms with van der Waals surface area (Å²) in [7, 11) is 0. The van der Waals surface area contributed by atoms with Gasteiger partial charge in [0.05, 0.1) is 0 Å². The summed E-state index contributed by atoms with van der Waals surface area (Å²) in [6.45, 7) is 1.58. The van der Waals surface area contributed by atoms with Gasteiger partial charge in [0.25, 0.3) is 0 Å². The second-order valence-corrected chi connectivity index (χ2v) is 5.53. The third-order valence-electron chi connectivity index (χ3n) is 2.79. The van der Waals surface area contributed by atoms with Crippen molar-refractivity contribution in [3.63, 3.8) is 0 Å². The number of hydrogen-bond donors (Lipinski definition) is 2. The minimum atomic E-state index is -0.650. The molecule has 0 aromatic heterocycles. The quantitative estimate of drug-likeness (QED) is 0.799. The lowest BCUT2D eigenvalue weighted by Gasteiger charge is -2.12. The van der Waals surface area contributed by atoms with Crippen molar-refractivity contribution in [1.29, 1.82) is 0 Å². The Morgan fingerprint density at radius 1 is 1.25 bits per heavy atom. The van der Waals surface area contributed by atoms with Crippen LogP contribution >= 0.6 is 28.1 Å². The highest BCUT2D eigenvalue weighted by atomic mass is 79.9. The van der Waals surface area contributed by atoms with Crippen LogP contribution in [0.4, 0.5) is 20.2 Å². The predicted octanol–water partition coefficient (Wildman–Crippen LogP) is 4.41. The van der Waals surface area contributed by atoms with Gasteiger partial charge in [-0.05, 0) is 52.7 Å². The molecule has 0 bridgehead atoms. The van der Waals surface area contributed by atoms with Crippen molar-refractivity contribution < 1.29 is 8.78 Å². The lowest BCUT2D eigenvalue weighted by Crippen LogP contribution is -2.10. The molecule has 0 spiro atoms. The van der Waals surface area contributed by atoms with Crippen molar-refractivity contribution >= 4 is 44.5 Å². The minimum Gasteiger partial charge on any atom is -0.389 e. The van der Waals surface area contributed by atoms with E-state index in [1.165, 1.54) is 12.1 Å². The van der Waals surface area contributed by atoms with Crippen molar-refractivity contribution in [2.75, 3.05) is 5.32 Å². The second kappa shape index (κ2) is 5.85. The van der Waals surface area contributed by atoms with E-state index in [-0.39, 0.29) is 10.7 Å². The molecule has 0 atom stereocenters. The van der Waals surface area contributed by atoms with Crippen LogP contribution in [-0.4, -0.2) is 4.99 Å². The minimum absolute atomic E-state index is 0.181. The number of halogens is 3. The topological polar surface area (TPSA) is 38.0 Å². The van der Waals surface area contributed by atoms with Gasteiger partial charge in [0.1, 0.15) is 16.5 Å². The molecule has 2 aromatic rings. The standard InChI is InChI=1S/C14H11BrF2N2S/c1-7-2-5-11(16)13(12(7)17)19-8-3-4-9(14(18)20)10(15)6-8/h2-6,19H,1H3,(H2,18,20). The molecular formula is C14H11BrF2N2S. The second-order valence-electron chi connectivity index (χ2n) is 4.24. The van der Waals surface area contributed by atoms with Crippen molar-refractivity contribution in [3.8, 4) is 0 Å². The largest absolute Gasteiger partial charge is 0.389 e. The first-order chi connectivity index (χ1) is 9.40. The Bertz CT molecular complexity index is 689. The Morgan fingerprint density at radius 2 is 1.95 bits per heavy atom. The Morgan fingerprint density at radius 3 is 2.55 bits per heavy atom. The van der Waals surface area contributed by atoms with E-state index in [2.05, 4.69) is 21.2 Å². The van der Waals surface area contributed by atoms with Crippen LogP contribution in [0.3, 0.4) is 0 Å². The van der Waals surface area contributed by atoms with Gasteiger partial charge >= 0.3 is 0 Å². The normalized spacial score (nSPS) is 10.4. The molecule has 0 aliphatic heterocycles. The molecule has 0 fully saturated rings. The molecule has 104 valence electrons. The first-order valence-electron chi connectivity index (χ1n) is 5.71. The fraction of sp³-hybridized carbons (Fsp3) is 0.0714. The average molecular weight is 357 g/mol. The fourth-order valence-electron chi connectivity index (χ4n) is 1.71. The number of nitrogens with one attached hydrogen (secondary N) is 1. The van der Waals surface area contributed by atoms with Gasteiger partial charge in [0, 0.05) is 15.7 Å². The van der Waals surface area contributed by atoms with Crippen LogP contribution < -0.4 is 11.1 Å². The van der Waals surface area contributed by atoms with E-state index < -0.39 is 11.6 Å². The molecule has 6 heteroatoms. The lowest BCUT2D eigenvalue weighted by molar-refractivity contribution is 0.585. The summed E-state index contributed by atoms with van der Waals surface area (Å²) in [6, 6.07) is 7.61. The summed E-state index contributed by atoms with van der Waals surface area (Å²) in [6.07, 6.45) is 0.